The highest BCUT2D eigenvalue weighted by atomic mass is 19.4. The summed E-state index contributed by atoms with van der Waals surface area (Å²) >= 11 is 0. The summed E-state index contributed by atoms with van der Waals surface area (Å²) in [5.41, 5.74) is -0.770. The fourth-order valence-electron chi connectivity index (χ4n) is 2.67. The number of aliphatic imine (C=N–C) groups is 1. The minimum Gasteiger partial charge on any atom is -0.381 e. The van der Waals surface area contributed by atoms with E-state index in [4.69, 9.17) is 4.74 Å². The Morgan fingerprint density at radius 1 is 1.57 bits per heavy atom. The molecule has 0 spiro atoms. The first-order chi connectivity index (χ1) is 10.8. The third-order valence-electron chi connectivity index (χ3n) is 3.74. The van der Waals surface area contributed by atoms with Crippen LogP contribution in [0.1, 0.15) is 17.7 Å². The topological polar surface area (TPSA) is 54.7 Å². The van der Waals surface area contributed by atoms with Crippen LogP contribution >= 0.6 is 0 Å². The van der Waals surface area contributed by atoms with Crippen molar-refractivity contribution in [3.05, 3.63) is 17.5 Å². The van der Waals surface area contributed by atoms with Gasteiger partial charge in [-0.3, -0.25) is 9.67 Å². The Kier molecular flexibility index (Phi) is 5.51. The van der Waals surface area contributed by atoms with Crippen molar-refractivity contribution < 1.29 is 17.9 Å². The van der Waals surface area contributed by atoms with Crippen LogP contribution in [-0.2, 0) is 24.5 Å². The van der Waals surface area contributed by atoms with Gasteiger partial charge >= 0.3 is 6.18 Å². The zero-order valence-electron chi connectivity index (χ0n) is 13.5. The molecule has 1 unspecified atom stereocenters. The Balaban J connectivity index is 1.98. The number of aromatic nitrogens is 2. The molecule has 1 N–H and O–H groups in total. The van der Waals surface area contributed by atoms with Gasteiger partial charge < -0.3 is 15.0 Å². The zero-order valence-corrected chi connectivity index (χ0v) is 13.5. The van der Waals surface area contributed by atoms with Crippen LogP contribution in [0.25, 0.3) is 0 Å². The van der Waals surface area contributed by atoms with Gasteiger partial charge in [0.05, 0.1) is 6.61 Å². The average Bonchev–Trinajstić information content (AvgIpc) is 3.08. The van der Waals surface area contributed by atoms with E-state index >= 15 is 0 Å². The fraction of sp³-hybridized carbons (Fsp3) is 0.714. The van der Waals surface area contributed by atoms with Gasteiger partial charge in [0.2, 0.25) is 0 Å². The standard InChI is InChI=1S/C14H22F3N5O/c1-18-13(21(2)7-10-4-5-23-9-10)19-6-11-8-22(3)20-12(11)14(15,16)17/h8,10H,4-7,9H2,1-3H3,(H,18,19). The lowest BCUT2D eigenvalue weighted by Gasteiger charge is -2.24. The van der Waals surface area contributed by atoms with Gasteiger partial charge in [-0.05, 0) is 6.42 Å². The molecule has 0 saturated carbocycles. The number of aryl methyl sites for hydroxylation is 1. The Hall–Kier alpha value is -1.77. The SMILES string of the molecule is CN=C(NCc1cn(C)nc1C(F)(F)F)N(C)CC1CCOC1. The van der Waals surface area contributed by atoms with Crippen LogP contribution in [0.5, 0.6) is 0 Å². The van der Waals surface area contributed by atoms with E-state index in [1.54, 1.807) is 7.05 Å². The summed E-state index contributed by atoms with van der Waals surface area (Å²) in [5.74, 6) is 0.969. The third-order valence-corrected chi connectivity index (χ3v) is 3.74. The molecule has 9 heteroatoms. The van der Waals surface area contributed by atoms with Crippen LogP contribution in [0.3, 0.4) is 0 Å². The van der Waals surface area contributed by atoms with Crippen molar-refractivity contribution in [3.63, 3.8) is 0 Å². The van der Waals surface area contributed by atoms with Gasteiger partial charge in [-0.1, -0.05) is 0 Å². The molecule has 1 atom stereocenters. The van der Waals surface area contributed by atoms with Crippen LogP contribution in [0.15, 0.2) is 11.2 Å². The van der Waals surface area contributed by atoms with E-state index in [-0.39, 0.29) is 12.1 Å². The smallest absolute Gasteiger partial charge is 0.381 e. The molecule has 0 radical (unpaired) electrons. The summed E-state index contributed by atoms with van der Waals surface area (Å²) in [7, 11) is 4.94. The van der Waals surface area contributed by atoms with Crippen LogP contribution in [0, 0.1) is 5.92 Å². The molecule has 0 amide bonds. The Bertz CT molecular complexity index is 549. The Morgan fingerprint density at radius 3 is 2.87 bits per heavy atom. The summed E-state index contributed by atoms with van der Waals surface area (Å²) in [6.45, 7) is 2.23. The van der Waals surface area contributed by atoms with Crippen LogP contribution in [-0.4, -0.2) is 54.5 Å². The molecular formula is C14H22F3N5O. The molecule has 2 heterocycles. The maximum atomic E-state index is 12.9. The second kappa shape index (κ2) is 7.20. The highest BCUT2D eigenvalue weighted by Gasteiger charge is 2.36. The van der Waals surface area contributed by atoms with E-state index in [1.807, 2.05) is 11.9 Å². The van der Waals surface area contributed by atoms with E-state index in [0.29, 0.717) is 18.5 Å². The fourth-order valence-corrected chi connectivity index (χ4v) is 2.67. The van der Waals surface area contributed by atoms with Crippen LogP contribution in [0.4, 0.5) is 13.2 Å². The molecule has 23 heavy (non-hydrogen) atoms. The van der Waals surface area contributed by atoms with E-state index < -0.39 is 11.9 Å². The molecule has 0 aliphatic carbocycles. The van der Waals surface area contributed by atoms with Gasteiger partial charge in [0.1, 0.15) is 0 Å². The number of nitrogens with zero attached hydrogens (tertiary/aromatic N) is 4. The van der Waals surface area contributed by atoms with Crippen molar-refractivity contribution in [2.75, 3.05) is 33.9 Å². The molecular weight excluding hydrogens is 311 g/mol. The second-order valence-corrected chi connectivity index (χ2v) is 5.69. The van der Waals surface area contributed by atoms with E-state index in [1.165, 1.54) is 17.9 Å². The molecule has 1 aliphatic heterocycles. The first kappa shape index (κ1) is 17.6. The molecule has 1 aliphatic rings. The lowest BCUT2D eigenvalue weighted by molar-refractivity contribution is -0.142. The predicted octanol–water partition coefficient (Wildman–Crippen LogP) is 1.48. The maximum absolute atomic E-state index is 12.9. The number of nitrogens with one attached hydrogen (secondary N) is 1. The summed E-state index contributed by atoms with van der Waals surface area (Å²) in [5, 5.41) is 6.46. The zero-order chi connectivity index (χ0) is 17.0. The number of halogens is 3. The van der Waals surface area contributed by atoms with Crippen molar-refractivity contribution in [2.45, 2.75) is 19.1 Å². The molecule has 1 aromatic rings. The van der Waals surface area contributed by atoms with Crippen molar-refractivity contribution in [3.8, 4) is 0 Å². The molecule has 6 nitrogen and oxygen atoms in total. The highest BCUT2D eigenvalue weighted by molar-refractivity contribution is 5.79. The Morgan fingerprint density at radius 2 is 2.30 bits per heavy atom. The Labute approximate surface area is 133 Å². The van der Waals surface area contributed by atoms with Gasteiger partial charge in [0, 0.05) is 58.5 Å². The minimum atomic E-state index is -4.46. The molecule has 0 aromatic carbocycles. The summed E-state index contributed by atoms with van der Waals surface area (Å²) in [6.07, 6.45) is -2.11. The lowest BCUT2D eigenvalue weighted by atomic mass is 10.1. The number of ether oxygens (including phenoxy) is 1. The second-order valence-electron chi connectivity index (χ2n) is 5.69. The number of alkyl halides is 3. The van der Waals surface area contributed by atoms with Crippen LogP contribution < -0.4 is 5.32 Å². The first-order valence-electron chi connectivity index (χ1n) is 7.40. The van der Waals surface area contributed by atoms with Crippen molar-refractivity contribution in [1.29, 1.82) is 0 Å². The first-order valence-corrected chi connectivity index (χ1v) is 7.40. The average molecular weight is 333 g/mol. The normalized spacial score (nSPS) is 19.2. The maximum Gasteiger partial charge on any atom is 0.435 e. The van der Waals surface area contributed by atoms with Gasteiger partial charge in [0.25, 0.3) is 0 Å². The van der Waals surface area contributed by atoms with E-state index in [0.717, 1.165) is 19.6 Å². The number of hydrogen-bond donors (Lipinski definition) is 1. The van der Waals surface area contributed by atoms with Gasteiger partial charge in [-0.2, -0.15) is 18.3 Å². The summed E-state index contributed by atoms with van der Waals surface area (Å²) in [6, 6.07) is 0. The molecule has 1 aromatic heterocycles. The summed E-state index contributed by atoms with van der Waals surface area (Å²) < 4.78 is 45.3. The van der Waals surface area contributed by atoms with Crippen molar-refractivity contribution in [1.82, 2.24) is 20.0 Å². The lowest BCUT2D eigenvalue weighted by Crippen LogP contribution is -2.41. The van der Waals surface area contributed by atoms with Crippen LogP contribution in [0.2, 0.25) is 0 Å². The molecule has 130 valence electrons. The molecule has 0 bridgehead atoms. The molecule has 2 rings (SSSR count). The van der Waals surface area contributed by atoms with Crippen molar-refractivity contribution in [2.24, 2.45) is 18.0 Å². The largest absolute Gasteiger partial charge is 0.435 e. The number of guanidine groups is 1. The predicted molar refractivity (Wildman–Crippen MR) is 80.0 cm³/mol. The van der Waals surface area contributed by atoms with E-state index in [2.05, 4.69) is 15.4 Å². The van der Waals surface area contributed by atoms with E-state index in [9.17, 15) is 13.2 Å². The highest BCUT2D eigenvalue weighted by Crippen LogP contribution is 2.30. The monoisotopic (exact) mass is 333 g/mol. The molecule has 1 fully saturated rings. The summed E-state index contributed by atoms with van der Waals surface area (Å²) in [4.78, 5) is 6.03. The van der Waals surface area contributed by atoms with Gasteiger partial charge in [-0.15, -0.1) is 0 Å². The number of hydrogen-bond acceptors (Lipinski definition) is 3. The quantitative estimate of drug-likeness (QED) is 0.670. The van der Waals surface area contributed by atoms with Crippen molar-refractivity contribution >= 4 is 5.96 Å². The van der Waals surface area contributed by atoms with Gasteiger partial charge in [0.15, 0.2) is 11.7 Å². The molecule has 1 saturated heterocycles. The third kappa shape index (κ3) is 4.60. The number of rotatable bonds is 4. The minimum absolute atomic E-state index is 0.0147. The van der Waals surface area contributed by atoms with Gasteiger partial charge in [-0.25, -0.2) is 0 Å².